The molecule has 2 atom stereocenters. The van der Waals surface area contributed by atoms with E-state index in [0.29, 0.717) is 11.8 Å². The number of benzene rings is 1. The maximum Gasteiger partial charge on any atom is 0.144 e. The highest BCUT2D eigenvalue weighted by atomic mass is 35.5. The van der Waals surface area contributed by atoms with Crippen molar-refractivity contribution in [3.05, 3.63) is 28.8 Å². The predicted molar refractivity (Wildman–Crippen MR) is 80.8 cm³/mol. The molecule has 1 aromatic heterocycles. The number of halogens is 3. The molecule has 108 valence electrons. The van der Waals surface area contributed by atoms with Gasteiger partial charge in [0.25, 0.3) is 0 Å². The third-order valence-electron chi connectivity index (χ3n) is 4.23. The zero-order chi connectivity index (χ0) is 14.3. The molecule has 0 radical (unpaired) electrons. The van der Waals surface area contributed by atoms with Crippen LogP contribution in [0.2, 0.25) is 5.02 Å². The number of alkyl halides is 1. The van der Waals surface area contributed by atoms with Crippen molar-refractivity contribution in [2.45, 2.75) is 38.6 Å². The average molecular weight is 315 g/mol. The topological polar surface area (TPSA) is 17.8 Å². The molecule has 1 saturated carbocycles. The number of nitrogens with zero attached hydrogens (tertiary/aromatic N) is 2. The molecule has 0 saturated heterocycles. The Morgan fingerprint density at radius 1 is 1.40 bits per heavy atom. The highest BCUT2D eigenvalue weighted by Crippen LogP contribution is 2.33. The summed E-state index contributed by atoms with van der Waals surface area (Å²) in [6.07, 6.45) is 3.71. The van der Waals surface area contributed by atoms with Crippen LogP contribution in [0.3, 0.4) is 0 Å². The number of imidazole rings is 1. The van der Waals surface area contributed by atoms with E-state index in [0.717, 1.165) is 29.3 Å². The maximum absolute atomic E-state index is 13.7. The lowest BCUT2D eigenvalue weighted by atomic mass is 10.1. The van der Waals surface area contributed by atoms with Gasteiger partial charge in [-0.1, -0.05) is 24.9 Å². The van der Waals surface area contributed by atoms with Gasteiger partial charge in [0.15, 0.2) is 0 Å². The van der Waals surface area contributed by atoms with Crippen LogP contribution >= 0.6 is 23.2 Å². The highest BCUT2D eigenvalue weighted by molar-refractivity contribution is 6.31. The molecule has 0 spiro atoms. The summed E-state index contributed by atoms with van der Waals surface area (Å²) in [6, 6.07) is 3.05. The molecule has 0 bridgehead atoms. The van der Waals surface area contributed by atoms with E-state index in [1.54, 1.807) is 6.07 Å². The lowest BCUT2D eigenvalue weighted by molar-refractivity contribution is 0.441. The summed E-state index contributed by atoms with van der Waals surface area (Å²) in [5.41, 5.74) is 1.51. The molecule has 1 aliphatic rings. The fourth-order valence-corrected chi connectivity index (χ4v) is 3.59. The van der Waals surface area contributed by atoms with Gasteiger partial charge in [-0.05, 0) is 30.7 Å². The van der Waals surface area contributed by atoms with Crippen LogP contribution < -0.4 is 0 Å². The van der Waals surface area contributed by atoms with Crippen LogP contribution in [0.25, 0.3) is 11.0 Å². The Balaban J connectivity index is 2.01. The van der Waals surface area contributed by atoms with E-state index >= 15 is 0 Å². The van der Waals surface area contributed by atoms with Crippen molar-refractivity contribution >= 4 is 34.2 Å². The first-order valence-corrected chi connectivity index (χ1v) is 7.90. The lowest BCUT2D eigenvalue weighted by Gasteiger charge is -2.13. The van der Waals surface area contributed by atoms with E-state index < -0.39 is 5.82 Å². The number of fused-ring (bicyclic) bond motifs is 1. The third-order valence-corrected chi connectivity index (χ3v) is 4.76. The summed E-state index contributed by atoms with van der Waals surface area (Å²) in [6.45, 7) is 3.15. The minimum Gasteiger partial charge on any atom is -0.327 e. The summed E-state index contributed by atoms with van der Waals surface area (Å²) in [7, 11) is 0. The minimum absolute atomic E-state index is 0.109. The molecule has 2 unspecified atom stereocenters. The van der Waals surface area contributed by atoms with Gasteiger partial charge < -0.3 is 4.57 Å². The van der Waals surface area contributed by atoms with Gasteiger partial charge in [-0.25, -0.2) is 9.37 Å². The molecule has 2 aromatic rings. The van der Waals surface area contributed by atoms with Gasteiger partial charge in [0.1, 0.15) is 11.6 Å². The Morgan fingerprint density at radius 2 is 2.20 bits per heavy atom. The molecular weight excluding hydrogens is 298 g/mol. The van der Waals surface area contributed by atoms with Crippen LogP contribution in [0.15, 0.2) is 12.1 Å². The fraction of sp³-hybridized carbons (Fsp3) is 0.533. The number of rotatable bonds is 3. The van der Waals surface area contributed by atoms with Gasteiger partial charge in [-0.3, -0.25) is 0 Å². The van der Waals surface area contributed by atoms with Gasteiger partial charge in [-0.2, -0.15) is 0 Å². The second kappa shape index (κ2) is 5.53. The molecule has 1 fully saturated rings. The van der Waals surface area contributed by atoms with Gasteiger partial charge >= 0.3 is 0 Å². The molecule has 3 rings (SSSR count). The SMILES string of the molecule is CC1CCC(Cn2c(CCl)nc3cc(Cl)c(F)cc32)C1. The van der Waals surface area contributed by atoms with Gasteiger partial charge in [-0.15, -0.1) is 11.6 Å². The van der Waals surface area contributed by atoms with Crippen molar-refractivity contribution in [2.24, 2.45) is 11.8 Å². The van der Waals surface area contributed by atoms with Gasteiger partial charge in [0.05, 0.1) is 21.9 Å². The lowest BCUT2D eigenvalue weighted by Crippen LogP contribution is -2.10. The zero-order valence-corrected chi connectivity index (χ0v) is 12.9. The number of hydrogen-bond donors (Lipinski definition) is 0. The van der Waals surface area contributed by atoms with E-state index in [9.17, 15) is 4.39 Å². The Bertz CT molecular complexity index is 638. The fourth-order valence-electron chi connectivity index (χ4n) is 3.22. The Hall–Kier alpha value is -0.800. The number of aromatic nitrogens is 2. The average Bonchev–Trinajstić information content (AvgIpc) is 2.96. The van der Waals surface area contributed by atoms with Crippen molar-refractivity contribution in [3.63, 3.8) is 0 Å². The van der Waals surface area contributed by atoms with Crippen molar-refractivity contribution < 1.29 is 4.39 Å². The molecule has 1 heterocycles. The molecule has 1 aliphatic carbocycles. The Kier molecular flexibility index (Phi) is 3.91. The monoisotopic (exact) mass is 314 g/mol. The normalized spacial score (nSPS) is 22.8. The highest BCUT2D eigenvalue weighted by Gasteiger charge is 2.23. The van der Waals surface area contributed by atoms with Crippen LogP contribution in [-0.4, -0.2) is 9.55 Å². The second-order valence-electron chi connectivity index (χ2n) is 5.81. The van der Waals surface area contributed by atoms with E-state index in [2.05, 4.69) is 16.5 Å². The largest absolute Gasteiger partial charge is 0.327 e. The quantitative estimate of drug-likeness (QED) is 0.729. The molecule has 0 amide bonds. The zero-order valence-electron chi connectivity index (χ0n) is 11.4. The Morgan fingerprint density at radius 3 is 2.85 bits per heavy atom. The smallest absolute Gasteiger partial charge is 0.144 e. The van der Waals surface area contributed by atoms with Crippen molar-refractivity contribution in [1.29, 1.82) is 0 Å². The molecule has 2 nitrogen and oxygen atoms in total. The van der Waals surface area contributed by atoms with Crippen LogP contribution in [0.1, 0.15) is 32.0 Å². The molecule has 20 heavy (non-hydrogen) atoms. The standard InChI is InChI=1S/C15H17Cl2FN2/c1-9-2-3-10(4-9)8-20-14-6-12(18)11(17)5-13(14)19-15(20)7-16/h5-6,9-10H,2-4,7-8H2,1H3. The van der Waals surface area contributed by atoms with E-state index in [1.807, 2.05) is 0 Å². The Labute approximate surface area is 127 Å². The van der Waals surface area contributed by atoms with E-state index in [4.69, 9.17) is 23.2 Å². The molecule has 0 N–H and O–H groups in total. The summed E-state index contributed by atoms with van der Waals surface area (Å²) in [5, 5.41) is 0.109. The third kappa shape index (κ3) is 2.53. The summed E-state index contributed by atoms with van der Waals surface area (Å²) in [4.78, 5) is 4.47. The van der Waals surface area contributed by atoms with Gasteiger partial charge in [0, 0.05) is 12.6 Å². The van der Waals surface area contributed by atoms with Crippen LogP contribution in [0.5, 0.6) is 0 Å². The second-order valence-corrected chi connectivity index (χ2v) is 6.49. The van der Waals surface area contributed by atoms with Crippen molar-refractivity contribution in [3.8, 4) is 0 Å². The van der Waals surface area contributed by atoms with E-state index in [1.165, 1.54) is 25.3 Å². The minimum atomic E-state index is -0.402. The number of hydrogen-bond acceptors (Lipinski definition) is 1. The molecule has 1 aromatic carbocycles. The first-order valence-electron chi connectivity index (χ1n) is 6.98. The van der Waals surface area contributed by atoms with Crippen molar-refractivity contribution in [1.82, 2.24) is 9.55 Å². The first kappa shape index (κ1) is 14.2. The predicted octanol–water partition coefficient (Wildman–Crippen LogP) is 5.00. The summed E-state index contributed by atoms with van der Waals surface area (Å²) in [5.74, 6) is 2.13. The van der Waals surface area contributed by atoms with Crippen molar-refractivity contribution in [2.75, 3.05) is 0 Å². The molecule has 5 heteroatoms. The van der Waals surface area contributed by atoms with E-state index in [-0.39, 0.29) is 5.02 Å². The molecular formula is C15H17Cl2FN2. The van der Waals surface area contributed by atoms with Gasteiger partial charge in [0.2, 0.25) is 0 Å². The summed E-state index contributed by atoms with van der Waals surface area (Å²) < 4.78 is 15.8. The van der Waals surface area contributed by atoms with Crippen LogP contribution in [0.4, 0.5) is 4.39 Å². The maximum atomic E-state index is 13.7. The first-order chi connectivity index (χ1) is 9.58. The van der Waals surface area contributed by atoms with Crippen LogP contribution in [0, 0.1) is 17.7 Å². The van der Waals surface area contributed by atoms with Crippen LogP contribution in [-0.2, 0) is 12.4 Å². The summed E-state index contributed by atoms with van der Waals surface area (Å²) >= 11 is 11.8. The molecule has 0 aliphatic heterocycles.